The summed E-state index contributed by atoms with van der Waals surface area (Å²) in [6, 6.07) is 5.93. The number of amides is 1. The molecule has 1 fully saturated rings. The van der Waals surface area contributed by atoms with Crippen LogP contribution >= 0.6 is 0 Å². The molecule has 30 heavy (non-hydrogen) atoms. The van der Waals surface area contributed by atoms with Crippen LogP contribution in [0.25, 0.3) is 0 Å². The van der Waals surface area contributed by atoms with Crippen molar-refractivity contribution < 1.29 is 24.5 Å². The number of nitrogens with one attached hydrogen (secondary N) is 1. The summed E-state index contributed by atoms with van der Waals surface area (Å²) in [6.07, 6.45) is -2.31. The summed E-state index contributed by atoms with van der Waals surface area (Å²) in [7, 11) is 0. The minimum Gasteiger partial charge on any atom is -0.465 e. The molecule has 3 N–H and O–H groups in total. The summed E-state index contributed by atoms with van der Waals surface area (Å²) in [5.74, 6) is 0.169. The SMILES string of the molecule is CC(C)C[C@](NC(=O)O)([C@@H](O)c1ccc(C(C)(C)C)cc1C1OCCO1)C(C)(C)C. The average Bonchev–Trinajstić information content (AvgIpc) is 3.11. The standard InChI is InChI=1S/C24H39NO5/c1-15(2)14-24(23(6,7)8,25-21(27)28)19(26)17-10-9-16(22(3,4)5)13-18(17)20-29-11-12-30-20/h9-10,13,15,19-20,25-26H,11-12,14H2,1-8H3,(H,27,28)/t19-,24-/m0/s1. The van der Waals surface area contributed by atoms with Crippen molar-refractivity contribution in [1.82, 2.24) is 5.32 Å². The maximum Gasteiger partial charge on any atom is 0.405 e. The number of aliphatic hydroxyl groups excluding tert-OH is 1. The molecule has 0 spiro atoms. The molecule has 1 saturated heterocycles. The number of benzene rings is 1. The first-order chi connectivity index (χ1) is 13.7. The molecule has 1 aliphatic heterocycles. The van der Waals surface area contributed by atoms with Gasteiger partial charge in [0.25, 0.3) is 0 Å². The number of hydrogen-bond acceptors (Lipinski definition) is 4. The predicted octanol–water partition coefficient (Wildman–Crippen LogP) is 5.16. The number of hydrogen-bond donors (Lipinski definition) is 3. The van der Waals surface area contributed by atoms with Crippen LogP contribution in [0.2, 0.25) is 0 Å². The average molecular weight is 422 g/mol. The normalized spacial score (nSPS) is 19.0. The van der Waals surface area contributed by atoms with Gasteiger partial charge in [-0.05, 0) is 40.4 Å². The molecule has 1 aromatic carbocycles. The van der Waals surface area contributed by atoms with Crippen molar-refractivity contribution in [2.45, 2.75) is 85.2 Å². The Kier molecular flexibility index (Phi) is 7.27. The molecule has 0 unspecified atom stereocenters. The monoisotopic (exact) mass is 421 g/mol. The molecule has 6 heteroatoms. The van der Waals surface area contributed by atoms with Crippen LogP contribution in [0.15, 0.2) is 18.2 Å². The Hall–Kier alpha value is -1.63. The molecule has 0 aromatic heterocycles. The largest absolute Gasteiger partial charge is 0.465 e. The third-order valence-electron chi connectivity index (χ3n) is 5.99. The first kappa shape index (κ1) is 24.6. The molecule has 1 aliphatic rings. The third-order valence-corrected chi connectivity index (χ3v) is 5.99. The van der Waals surface area contributed by atoms with Crippen molar-refractivity contribution in [3.05, 3.63) is 34.9 Å². The van der Waals surface area contributed by atoms with Gasteiger partial charge in [0.05, 0.1) is 18.8 Å². The van der Waals surface area contributed by atoms with E-state index in [4.69, 9.17) is 9.47 Å². The molecule has 1 amide bonds. The predicted molar refractivity (Wildman–Crippen MR) is 118 cm³/mol. The van der Waals surface area contributed by atoms with Crippen LogP contribution in [0.3, 0.4) is 0 Å². The van der Waals surface area contributed by atoms with Crippen molar-refractivity contribution in [2.75, 3.05) is 13.2 Å². The fraction of sp³-hybridized carbons (Fsp3) is 0.708. The summed E-state index contributed by atoms with van der Waals surface area (Å²) >= 11 is 0. The van der Waals surface area contributed by atoms with E-state index in [2.05, 4.69) is 26.1 Å². The Labute approximate surface area is 181 Å². The number of rotatable bonds is 6. The topological polar surface area (TPSA) is 88.0 Å². The van der Waals surface area contributed by atoms with E-state index in [1.807, 2.05) is 52.8 Å². The highest BCUT2D eigenvalue weighted by molar-refractivity contribution is 5.66. The second kappa shape index (κ2) is 8.85. The van der Waals surface area contributed by atoms with Crippen molar-refractivity contribution in [2.24, 2.45) is 11.3 Å². The lowest BCUT2D eigenvalue weighted by molar-refractivity contribution is -0.0533. The van der Waals surface area contributed by atoms with Crippen LogP contribution in [0.1, 0.15) is 90.9 Å². The lowest BCUT2D eigenvalue weighted by Gasteiger charge is -2.49. The minimum absolute atomic E-state index is 0.0881. The third kappa shape index (κ3) is 5.16. The molecule has 1 aromatic rings. The number of aliphatic hydroxyl groups is 1. The Morgan fingerprint density at radius 3 is 2.13 bits per heavy atom. The van der Waals surface area contributed by atoms with Crippen LogP contribution in [-0.2, 0) is 14.9 Å². The van der Waals surface area contributed by atoms with Gasteiger partial charge in [-0.25, -0.2) is 4.79 Å². The summed E-state index contributed by atoms with van der Waals surface area (Å²) in [5.41, 5.74) is 0.769. The van der Waals surface area contributed by atoms with Gasteiger partial charge in [0, 0.05) is 5.56 Å². The van der Waals surface area contributed by atoms with E-state index in [-0.39, 0.29) is 11.3 Å². The lowest BCUT2D eigenvalue weighted by atomic mass is 9.64. The van der Waals surface area contributed by atoms with Crippen molar-refractivity contribution in [3.63, 3.8) is 0 Å². The second-order valence-corrected chi connectivity index (χ2v) is 10.8. The first-order valence-corrected chi connectivity index (χ1v) is 10.8. The molecule has 0 aliphatic carbocycles. The number of ether oxygens (including phenoxy) is 2. The van der Waals surface area contributed by atoms with E-state index in [9.17, 15) is 15.0 Å². The molecule has 2 atom stereocenters. The van der Waals surface area contributed by atoms with E-state index in [1.54, 1.807) is 0 Å². The van der Waals surface area contributed by atoms with Crippen LogP contribution < -0.4 is 5.32 Å². The van der Waals surface area contributed by atoms with E-state index in [0.717, 1.165) is 11.1 Å². The summed E-state index contributed by atoms with van der Waals surface area (Å²) < 4.78 is 11.6. The minimum atomic E-state index is -1.15. The molecular formula is C24H39NO5. The molecule has 6 nitrogen and oxygen atoms in total. The van der Waals surface area contributed by atoms with Gasteiger partial charge >= 0.3 is 6.09 Å². The van der Waals surface area contributed by atoms with Crippen molar-refractivity contribution >= 4 is 6.09 Å². The maximum atomic E-state index is 11.8. The molecule has 0 radical (unpaired) electrons. The van der Waals surface area contributed by atoms with E-state index < -0.39 is 29.4 Å². The quantitative estimate of drug-likeness (QED) is 0.590. The Bertz CT molecular complexity index is 741. The van der Waals surface area contributed by atoms with Crippen LogP contribution in [0.4, 0.5) is 4.79 Å². The Morgan fingerprint density at radius 1 is 1.13 bits per heavy atom. The number of carboxylic acid groups (broad SMARTS) is 1. The van der Waals surface area contributed by atoms with Crippen LogP contribution in [0.5, 0.6) is 0 Å². The Balaban J connectivity index is 2.69. The fourth-order valence-corrected chi connectivity index (χ4v) is 4.27. The van der Waals surface area contributed by atoms with E-state index >= 15 is 0 Å². The van der Waals surface area contributed by atoms with Crippen molar-refractivity contribution in [1.29, 1.82) is 0 Å². The molecule has 0 bridgehead atoms. The van der Waals surface area contributed by atoms with E-state index in [1.165, 1.54) is 0 Å². The Morgan fingerprint density at radius 2 is 1.70 bits per heavy atom. The molecule has 2 rings (SSSR count). The van der Waals surface area contributed by atoms with Crippen LogP contribution in [0, 0.1) is 11.3 Å². The zero-order valence-corrected chi connectivity index (χ0v) is 19.7. The lowest BCUT2D eigenvalue weighted by Crippen LogP contribution is -2.61. The summed E-state index contributed by atoms with van der Waals surface area (Å²) in [4.78, 5) is 11.8. The second-order valence-electron chi connectivity index (χ2n) is 10.8. The van der Waals surface area contributed by atoms with Gasteiger partial charge in [0.15, 0.2) is 6.29 Å². The van der Waals surface area contributed by atoms with Gasteiger partial charge < -0.3 is 25.0 Å². The molecule has 170 valence electrons. The zero-order valence-electron chi connectivity index (χ0n) is 19.7. The molecule has 1 heterocycles. The highest BCUT2D eigenvalue weighted by Crippen LogP contribution is 2.47. The smallest absolute Gasteiger partial charge is 0.405 e. The van der Waals surface area contributed by atoms with Gasteiger partial charge in [-0.1, -0.05) is 67.5 Å². The fourth-order valence-electron chi connectivity index (χ4n) is 4.27. The molecular weight excluding hydrogens is 382 g/mol. The highest BCUT2D eigenvalue weighted by atomic mass is 16.7. The van der Waals surface area contributed by atoms with Gasteiger partial charge in [0.2, 0.25) is 0 Å². The van der Waals surface area contributed by atoms with E-state index in [0.29, 0.717) is 25.2 Å². The van der Waals surface area contributed by atoms with Gasteiger partial charge in [0.1, 0.15) is 6.10 Å². The number of carbonyl (C=O) groups is 1. The van der Waals surface area contributed by atoms with Gasteiger partial charge in [-0.3, -0.25) is 0 Å². The highest BCUT2D eigenvalue weighted by Gasteiger charge is 2.50. The molecule has 0 saturated carbocycles. The van der Waals surface area contributed by atoms with Crippen LogP contribution in [-0.4, -0.2) is 35.1 Å². The van der Waals surface area contributed by atoms with Gasteiger partial charge in [-0.2, -0.15) is 0 Å². The summed E-state index contributed by atoms with van der Waals surface area (Å²) in [6.45, 7) is 17.3. The zero-order chi connectivity index (χ0) is 22.9. The summed E-state index contributed by atoms with van der Waals surface area (Å²) in [5, 5.41) is 24.2. The maximum absolute atomic E-state index is 11.8. The van der Waals surface area contributed by atoms with Gasteiger partial charge in [-0.15, -0.1) is 0 Å². The van der Waals surface area contributed by atoms with Crippen molar-refractivity contribution in [3.8, 4) is 0 Å². The first-order valence-electron chi connectivity index (χ1n) is 10.8.